The predicted molar refractivity (Wildman–Crippen MR) is 109 cm³/mol. The largest absolute Gasteiger partial charge is 0.497 e. The molecule has 0 amide bonds. The molecule has 28 heavy (non-hydrogen) atoms. The van der Waals surface area contributed by atoms with Crippen molar-refractivity contribution < 1.29 is 9.73 Å². The summed E-state index contributed by atoms with van der Waals surface area (Å²) in [5.74, 6) is 1.90. The second kappa shape index (κ2) is 7.19. The number of rotatable bonds is 3. The Morgan fingerprint density at radius 3 is 2.50 bits per heavy atom. The van der Waals surface area contributed by atoms with E-state index in [9.17, 15) is 4.79 Å². The van der Waals surface area contributed by atoms with E-state index in [0.717, 1.165) is 17.0 Å². The van der Waals surface area contributed by atoms with Crippen molar-refractivity contribution in [3.05, 3.63) is 81.8 Å². The summed E-state index contributed by atoms with van der Waals surface area (Å²) in [7, 11) is 1.63. The van der Waals surface area contributed by atoms with Crippen LogP contribution in [0.1, 0.15) is 23.0 Å². The zero-order chi connectivity index (χ0) is 19.7. The number of ether oxygens (including phenoxy) is 1. The van der Waals surface area contributed by atoms with Crippen molar-refractivity contribution in [2.24, 2.45) is 0 Å². The number of anilines is 2. The molecule has 142 valence electrons. The van der Waals surface area contributed by atoms with Crippen LogP contribution in [0.2, 0.25) is 0 Å². The third-order valence-corrected chi connectivity index (χ3v) is 4.61. The van der Waals surface area contributed by atoms with Crippen molar-refractivity contribution in [3.63, 3.8) is 0 Å². The Hall–Kier alpha value is -3.61. The van der Waals surface area contributed by atoms with E-state index >= 15 is 0 Å². The summed E-state index contributed by atoms with van der Waals surface area (Å²) < 4.78 is 6.85. The molecule has 0 aliphatic carbocycles. The van der Waals surface area contributed by atoms with Crippen molar-refractivity contribution in [1.82, 2.24) is 9.55 Å². The molecule has 3 N–H and O–H groups in total. The molecule has 1 aliphatic heterocycles. The number of fused-ring (bicyclic) bond motifs is 1. The monoisotopic (exact) mass is 376 g/mol. The number of nitrogens with one attached hydrogen (secondary N) is 3. The first-order chi connectivity index (χ1) is 13.5. The predicted octanol–water partition coefficient (Wildman–Crippen LogP) is 1.39. The maximum Gasteiger partial charge on any atom is 0.357 e. The standard InChI is InChI=1S/C21H21N5O2/c1-13-4-8-16(9-5-13)23-20-24-19(15-6-10-17(28-3)11-7-15)26-18(27)12-14(2)22-21(26)25-20/h4-12,19H,1-3H3,(H2,22,23,24,25)/p+1/t19-/m0/s1. The highest BCUT2D eigenvalue weighted by Gasteiger charge is 2.29. The van der Waals surface area contributed by atoms with Gasteiger partial charge in [-0.25, -0.2) is 20.2 Å². The quantitative estimate of drug-likeness (QED) is 0.644. The highest BCUT2D eigenvalue weighted by molar-refractivity contribution is 5.99. The molecule has 0 spiro atoms. The second-order valence-corrected chi connectivity index (χ2v) is 6.74. The van der Waals surface area contributed by atoms with Crippen LogP contribution in [0.3, 0.4) is 0 Å². The molecule has 7 heteroatoms. The molecule has 0 radical (unpaired) electrons. The number of methoxy groups -OCH3 is 1. The van der Waals surface area contributed by atoms with Crippen LogP contribution in [-0.4, -0.2) is 22.6 Å². The van der Waals surface area contributed by atoms with Gasteiger partial charge in [-0.3, -0.25) is 9.79 Å². The van der Waals surface area contributed by atoms with Gasteiger partial charge in [0.2, 0.25) is 0 Å². The van der Waals surface area contributed by atoms with Crippen molar-refractivity contribution in [3.8, 4) is 5.75 Å². The molecule has 1 atom stereocenters. The van der Waals surface area contributed by atoms with E-state index in [0.29, 0.717) is 17.6 Å². The number of aryl methyl sites for hydroxylation is 2. The normalized spacial score (nSPS) is 15.2. The van der Waals surface area contributed by atoms with Gasteiger partial charge in [-0.05, 0) is 50.2 Å². The molecular weight excluding hydrogens is 354 g/mol. The third-order valence-electron chi connectivity index (χ3n) is 4.61. The van der Waals surface area contributed by atoms with Gasteiger partial charge in [0.25, 0.3) is 11.5 Å². The SMILES string of the molecule is COc1ccc([C@H]2[NH+]=C(Nc3ccc(C)cc3)Nc3nc(C)cc(=O)n32)cc1. The van der Waals surface area contributed by atoms with E-state index in [1.807, 2.05) is 55.5 Å². The Kier molecular flexibility index (Phi) is 4.57. The lowest BCUT2D eigenvalue weighted by Crippen LogP contribution is -2.82. The average molecular weight is 376 g/mol. The van der Waals surface area contributed by atoms with E-state index in [1.54, 1.807) is 18.6 Å². The number of hydrogen-bond donors (Lipinski definition) is 3. The zero-order valence-electron chi connectivity index (χ0n) is 16.0. The molecule has 7 nitrogen and oxygen atoms in total. The van der Waals surface area contributed by atoms with E-state index < -0.39 is 6.17 Å². The number of benzene rings is 2. The summed E-state index contributed by atoms with van der Waals surface area (Å²) in [5, 5.41) is 6.51. The summed E-state index contributed by atoms with van der Waals surface area (Å²) in [6.07, 6.45) is -0.407. The molecule has 0 fully saturated rings. The highest BCUT2D eigenvalue weighted by Crippen LogP contribution is 2.19. The summed E-state index contributed by atoms with van der Waals surface area (Å²) in [6.45, 7) is 3.85. The second-order valence-electron chi connectivity index (χ2n) is 6.74. The van der Waals surface area contributed by atoms with Crippen LogP contribution in [0.25, 0.3) is 0 Å². The van der Waals surface area contributed by atoms with Gasteiger partial charge in [0.15, 0.2) is 6.17 Å². The number of guanidine groups is 1. The molecule has 1 aromatic heterocycles. The zero-order valence-corrected chi connectivity index (χ0v) is 16.0. The topological polar surface area (TPSA) is 82.2 Å². The van der Waals surface area contributed by atoms with Crippen LogP contribution in [0.15, 0.2) is 59.4 Å². The van der Waals surface area contributed by atoms with E-state index in [4.69, 9.17) is 4.74 Å². The summed E-state index contributed by atoms with van der Waals surface area (Å²) in [6, 6.07) is 17.2. The highest BCUT2D eigenvalue weighted by atomic mass is 16.5. The lowest BCUT2D eigenvalue weighted by molar-refractivity contribution is -0.520. The van der Waals surface area contributed by atoms with Gasteiger partial charge in [0, 0.05) is 17.3 Å². The Balaban J connectivity index is 1.77. The first-order valence-corrected chi connectivity index (χ1v) is 9.02. The van der Waals surface area contributed by atoms with Crippen LogP contribution in [0.5, 0.6) is 5.75 Å². The van der Waals surface area contributed by atoms with E-state index in [-0.39, 0.29) is 5.56 Å². The first kappa shape index (κ1) is 17.8. The van der Waals surface area contributed by atoms with Crippen molar-refractivity contribution in [1.29, 1.82) is 0 Å². The van der Waals surface area contributed by atoms with Gasteiger partial charge in [-0.15, -0.1) is 0 Å². The molecule has 4 rings (SSSR count). The van der Waals surface area contributed by atoms with Gasteiger partial charge in [-0.1, -0.05) is 17.7 Å². The van der Waals surface area contributed by atoms with Crippen LogP contribution in [-0.2, 0) is 0 Å². The molecule has 2 heterocycles. The van der Waals surface area contributed by atoms with Gasteiger partial charge in [-0.2, -0.15) is 0 Å². The molecule has 0 saturated heterocycles. The van der Waals surface area contributed by atoms with Crippen LogP contribution in [0, 0.1) is 13.8 Å². The smallest absolute Gasteiger partial charge is 0.357 e. The molecule has 0 bridgehead atoms. The maximum atomic E-state index is 12.7. The van der Waals surface area contributed by atoms with Crippen LogP contribution >= 0.6 is 0 Å². The fourth-order valence-electron chi connectivity index (χ4n) is 3.16. The Morgan fingerprint density at radius 2 is 1.82 bits per heavy atom. The lowest BCUT2D eigenvalue weighted by atomic mass is 10.1. The lowest BCUT2D eigenvalue weighted by Gasteiger charge is -2.23. The van der Waals surface area contributed by atoms with Gasteiger partial charge >= 0.3 is 5.96 Å². The fourth-order valence-corrected chi connectivity index (χ4v) is 3.16. The summed E-state index contributed by atoms with van der Waals surface area (Å²) in [5.41, 5.74) is 3.56. The molecule has 2 aromatic carbocycles. The fraction of sp³-hybridized carbons (Fsp3) is 0.190. The minimum absolute atomic E-state index is 0.127. The van der Waals surface area contributed by atoms with Crippen molar-refractivity contribution in [2.75, 3.05) is 17.7 Å². The molecule has 0 saturated carbocycles. The minimum atomic E-state index is -0.407. The van der Waals surface area contributed by atoms with E-state index in [1.165, 1.54) is 11.6 Å². The summed E-state index contributed by atoms with van der Waals surface area (Å²) in [4.78, 5) is 20.6. The average Bonchev–Trinajstić information content (AvgIpc) is 2.69. The number of aromatic nitrogens is 2. The van der Waals surface area contributed by atoms with Crippen molar-refractivity contribution >= 4 is 17.6 Å². The third kappa shape index (κ3) is 3.46. The van der Waals surface area contributed by atoms with Crippen LogP contribution < -0.4 is 25.9 Å². The van der Waals surface area contributed by atoms with Crippen molar-refractivity contribution in [2.45, 2.75) is 20.0 Å². The summed E-state index contributed by atoms with van der Waals surface area (Å²) >= 11 is 0. The molecule has 1 aliphatic rings. The minimum Gasteiger partial charge on any atom is -0.497 e. The Labute approximate surface area is 162 Å². The Bertz CT molecular complexity index is 1090. The van der Waals surface area contributed by atoms with Gasteiger partial charge in [0.1, 0.15) is 5.75 Å². The number of hydrogen-bond acceptors (Lipinski definition) is 5. The maximum absolute atomic E-state index is 12.7. The first-order valence-electron chi connectivity index (χ1n) is 9.02. The van der Waals surface area contributed by atoms with Gasteiger partial charge in [0.05, 0.1) is 12.8 Å². The Morgan fingerprint density at radius 1 is 1.11 bits per heavy atom. The van der Waals surface area contributed by atoms with Crippen LogP contribution in [0.4, 0.5) is 11.6 Å². The molecule has 0 unspecified atom stereocenters. The molecule has 3 aromatic rings. The number of nitrogens with zero attached hydrogens (tertiary/aromatic N) is 2. The van der Waals surface area contributed by atoms with Gasteiger partial charge < -0.3 is 4.74 Å². The van der Waals surface area contributed by atoms with E-state index in [2.05, 4.69) is 20.6 Å². The molecular formula is C21H22N5O2+.